The minimum atomic E-state index is -0.935. The largest absolute Gasteiger partial charge is 0.478 e. The number of rotatable bonds is 5. The minimum absolute atomic E-state index is 0.0335. The van der Waals surface area contributed by atoms with Crippen LogP contribution < -0.4 is 0 Å². The summed E-state index contributed by atoms with van der Waals surface area (Å²) in [5.74, 6) is -1.07. The molecule has 0 aliphatic rings. The van der Waals surface area contributed by atoms with Crippen LogP contribution in [-0.4, -0.2) is 46.2 Å². The Morgan fingerprint density at radius 3 is 1.71 bits per heavy atom. The molecule has 0 spiro atoms. The Kier molecular flexibility index (Phi) is 11.3. The van der Waals surface area contributed by atoms with E-state index in [1.165, 1.54) is 6.92 Å². The van der Waals surface area contributed by atoms with Gasteiger partial charge in [-0.2, -0.15) is 0 Å². The van der Waals surface area contributed by atoms with E-state index >= 15 is 0 Å². The molecule has 4 N–H and O–H groups in total. The molecule has 0 amide bonds. The van der Waals surface area contributed by atoms with Crippen molar-refractivity contribution < 1.29 is 25.2 Å². The molecule has 0 atom stereocenters. The second-order valence-corrected chi connectivity index (χ2v) is 2.83. The van der Waals surface area contributed by atoms with Gasteiger partial charge in [-0.3, -0.25) is 0 Å². The Morgan fingerprint density at radius 2 is 1.64 bits per heavy atom. The highest BCUT2D eigenvalue weighted by atomic mass is 16.4. The molecule has 0 aromatic rings. The number of hydrogen-bond donors (Lipinski definition) is 4. The average molecular weight is 206 g/mol. The fourth-order valence-corrected chi connectivity index (χ4v) is 0.423. The van der Waals surface area contributed by atoms with E-state index in [0.717, 1.165) is 0 Å². The Labute approximate surface area is 83.3 Å². The first-order valence-corrected chi connectivity index (χ1v) is 4.20. The van der Waals surface area contributed by atoms with Crippen LogP contribution in [0.1, 0.15) is 13.3 Å². The molecule has 0 heterocycles. The molecule has 0 saturated heterocycles. The van der Waals surface area contributed by atoms with E-state index in [0.29, 0.717) is 6.42 Å². The Hall–Kier alpha value is -0.910. The van der Waals surface area contributed by atoms with Crippen molar-refractivity contribution in [3.63, 3.8) is 0 Å². The number of carbonyl (C=O) groups is 1. The van der Waals surface area contributed by atoms with E-state index in [1.807, 2.05) is 0 Å². The van der Waals surface area contributed by atoms with Gasteiger partial charge in [0.25, 0.3) is 0 Å². The standard InChI is InChI=1S/C5H12O3.C4H6O2/c6-2-1-5(3-7)4-8;1-3(2)4(5)6/h5-8H,1-4H2;1H2,2H3,(H,5,6). The molecule has 0 aromatic heterocycles. The summed E-state index contributed by atoms with van der Waals surface area (Å²) in [4.78, 5) is 9.60. The Morgan fingerprint density at radius 1 is 1.29 bits per heavy atom. The summed E-state index contributed by atoms with van der Waals surface area (Å²) in [5, 5.41) is 32.9. The molecular formula is C9H18O5. The summed E-state index contributed by atoms with van der Waals surface area (Å²) in [7, 11) is 0. The second kappa shape index (κ2) is 10.2. The maximum absolute atomic E-state index is 9.60. The highest BCUT2D eigenvalue weighted by molar-refractivity contribution is 5.84. The SMILES string of the molecule is C=C(C)C(=O)O.OCCC(CO)CO. The molecule has 0 fully saturated rings. The van der Waals surface area contributed by atoms with Gasteiger partial charge in [0.1, 0.15) is 0 Å². The lowest BCUT2D eigenvalue weighted by Crippen LogP contribution is -2.12. The molecule has 0 unspecified atom stereocenters. The molecule has 5 nitrogen and oxygen atoms in total. The van der Waals surface area contributed by atoms with Crippen molar-refractivity contribution in [1.29, 1.82) is 0 Å². The first kappa shape index (κ1) is 15.6. The predicted molar refractivity (Wildman–Crippen MR) is 51.8 cm³/mol. The minimum Gasteiger partial charge on any atom is -0.478 e. The average Bonchev–Trinajstić information content (AvgIpc) is 2.15. The number of aliphatic hydroxyl groups is 3. The third kappa shape index (κ3) is 11.1. The van der Waals surface area contributed by atoms with Gasteiger partial charge in [-0.05, 0) is 13.3 Å². The highest BCUT2D eigenvalue weighted by Gasteiger charge is 2.02. The third-order valence-electron chi connectivity index (χ3n) is 1.42. The first-order chi connectivity index (χ1) is 6.49. The van der Waals surface area contributed by atoms with Crippen LogP contribution in [-0.2, 0) is 4.79 Å². The van der Waals surface area contributed by atoms with Crippen LogP contribution in [0, 0.1) is 5.92 Å². The number of carboxylic acids is 1. The van der Waals surface area contributed by atoms with Gasteiger partial charge >= 0.3 is 5.97 Å². The quantitative estimate of drug-likeness (QED) is 0.459. The molecule has 0 rings (SSSR count). The molecule has 14 heavy (non-hydrogen) atoms. The van der Waals surface area contributed by atoms with Crippen molar-refractivity contribution in [2.45, 2.75) is 13.3 Å². The van der Waals surface area contributed by atoms with Crippen molar-refractivity contribution in [2.75, 3.05) is 19.8 Å². The van der Waals surface area contributed by atoms with Crippen LogP contribution in [0.5, 0.6) is 0 Å². The molecule has 5 heteroatoms. The van der Waals surface area contributed by atoms with E-state index in [9.17, 15) is 4.79 Å². The molecule has 0 saturated carbocycles. The van der Waals surface area contributed by atoms with Gasteiger partial charge in [-0.25, -0.2) is 4.79 Å². The fourth-order valence-electron chi connectivity index (χ4n) is 0.423. The third-order valence-corrected chi connectivity index (χ3v) is 1.42. The summed E-state index contributed by atoms with van der Waals surface area (Å²) in [5.41, 5.74) is 0.176. The smallest absolute Gasteiger partial charge is 0.330 e. The number of aliphatic carboxylic acids is 1. The highest BCUT2D eigenvalue weighted by Crippen LogP contribution is 1.97. The van der Waals surface area contributed by atoms with Gasteiger partial charge < -0.3 is 20.4 Å². The van der Waals surface area contributed by atoms with Crippen molar-refractivity contribution in [2.24, 2.45) is 5.92 Å². The first-order valence-electron chi connectivity index (χ1n) is 4.20. The molecule has 0 radical (unpaired) electrons. The lowest BCUT2D eigenvalue weighted by atomic mass is 10.1. The van der Waals surface area contributed by atoms with Crippen LogP contribution in [0.15, 0.2) is 12.2 Å². The maximum Gasteiger partial charge on any atom is 0.330 e. The molecule has 0 aromatic carbocycles. The van der Waals surface area contributed by atoms with Gasteiger partial charge in [-0.15, -0.1) is 0 Å². The van der Waals surface area contributed by atoms with Crippen LogP contribution in [0.3, 0.4) is 0 Å². The van der Waals surface area contributed by atoms with E-state index in [2.05, 4.69) is 6.58 Å². The normalized spacial score (nSPS) is 9.21. The van der Waals surface area contributed by atoms with Crippen LogP contribution in [0.4, 0.5) is 0 Å². The zero-order chi connectivity index (χ0) is 11.6. The molecule has 0 bridgehead atoms. The van der Waals surface area contributed by atoms with E-state index in [4.69, 9.17) is 20.4 Å². The van der Waals surface area contributed by atoms with Gasteiger partial charge in [0.05, 0.1) is 0 Å². The Balaban J connectivity index is 0. The summed E-state index contributed by atoms with van der Waals surface area (Å²) >= 11 is 0. The summed E-state index contributed by atoms with van der Waals surface area (Å²) < 4.78 is 0. The maximum atomic E-state index is 9.60. The van der Waals surface area contributed by atoms with E-state index in [1.54, 1.807) is 0 Å². The number of hydrogen-bond acceptors (Lipinski definition) is 4. The van der Waals surface area contributed by atoms with E-state index < -0.39 is 5.97 Å². The second-order valence-electron chi connectivity index (χ2n) is 2.83. The van der Waals surface area contributed by atoms with Gasteiger partial charge in [0, 0.05) is 31.3 Å². The summed E-state index contributed by atoms with van der Waals surface area (Å²) in [6.45, 7) is 4.55. The van der Waals surface area contributed by atoms with Crippen LogP contribution in [0.2, 0.25) is 0 Å². The van der Waals surface area contributed by atoms with Gasteiger partial charge in [0.15, 0.2) is 0 Å². The predicted octanol–water partition coefficient (Wildman–Crippen LogP) is -0.383. The topological polar surface area (TPSA) is 98.0 Å². The van der Waals surface area contributed by atoms with E-state index in [-0.39, 0.29) is 31.3 Å². The van der Waals surface area contributed by atoms with Crippen molar-refractivity contribution >= 4 is 5.97 Å². The van der Waals surface area contributed by atoms with Crippen molar-refractivity contribution in [1.82, 2.24) is 0 Å². The van der Waals surface area contributed by atoms with Gasteiger partial charge in [0.2, 0.25) is 0 Å². The zero-order valence-corrected chi connectivity index (χ0v) is 8.31. The molecular weight excluding hydrogens is 188 g/mol. The Bertz CT molecular complexity index is 151. The van der Waals surface area contributed by atoms with Crippen LogP contribution >= 0.6 is 0 Å². The van der Waals surface area contributed by atoms with Gasteiger partial charge in [-0.1, -0.05) is 6.58 Å². The fraction of sp³-hybridized carbons (Fsp3) is 0.667. The van der Waals surface area contributed by atoms with Crippen molar-refractivity contribution in [3.8, 4) is 0 Å². The summed E-state index contributed by atoms with van der Waals surface area (Å²) in [6, 6.07) is 0. The molecule has 84 valence electrons. The molecule has 0 aliphatic heterocycles. The van der Waals surface area contributed by atoms with Crippen molar-refractivity contribution in [3.05, 3.63) is 12.2 Å². The van der Waals surface area contributed by atoms with Crippen LogP contribution in [0.25, 0.3) is 0 Å². The lowest BCUT2D eigenvalue weighted by molar-refractivity contribution is -0.132. The summed E-state index contributed by atoms with van der Waals surface area (Å²) in [6.07, 6.45) is 0.479. The number of carboxylic acid groups (broad SMARTS) is 1. The zero-order valence-electron chi connectivity index (χ0n) is 8.31. The number of aliphatic hydroxyl groups excluding tert-OH is 3. The molecule has 0 aliphatic carbocycles. The lowest BCUT2D eigenvalue weighted by Gasteiger charge is -2.06. The monoisotopic (exact) mass is 206 g/mol.